The zero-order chi connectivity index (χ0) is 16.1. The summed E-state index contributed by atoms with van der Waals surface area (Å²) < 4.78 is 31.8. The first kappa shape index (κ1) is 15.2. The zero-order valence-corrected chi connectivity index (χ0v) is 14.1. The first-order valence-corrected chi connectivity index (χ1v) is 8.81. The molecule has 0 bridgehead atoms. The number of fused-ring (bicyclic) bond motifs is 1. The van der Waals surface area contributed by atoms with E-state index >= 15 is 0 Å². The molecular formula is C14H21N5O2S. The molecule has 2 aromatic heterocycles. The van der Waals surface area contributed by atoms with Crippen LogP contribution in [0.15, 0.2) is 11.1 Å². The number of rotatable bonds is 3. The van der Waals surface area contributed by atoms with E-state index in [-0.39, 0.29) is 6.04 Å². The SMILES string of the molecule is Cc1cn2c(n1)CC[C@H](NS(=O)(=O)c1c(C)nn(C)c1C)C2. The highest BCUT2D eigenvalue weighted by Crippen LogP contribution is 2.21. The van der Waals surface area contributed by atoms with Gasteiger partial charge in [0.05, 0.1) is 17.1 Å². The maximum atomic E-state index is 12.7. The van der Waals surface area contributed by atoms with Gasteiger partial charge in [0.1, 0.15) is 10.7 Å². The normalized spacial score (nSPS) is 18.5. The van der Waals surface area contributed by atoms with Crippen LogP contribution in [0.3, 0.4) is 0 Å². The maximum Gasteiger partial charge on any atom is 0.244 e. The van der Waals surface area contributed by atoms with E-state index in [2.05, 4.69) is 14.8 Å². The Morgan fingerprint density at radius 2 is 2.05 bits per heavy atom. The Bertz CT molecular complexity index is 819. The lowest BCUT2D eigenvalue weighted by molar-refractivity contribution is 0.421. The molecule has 8 heteroatoms. The number of aryl methyl sites for hydroxylation is 4. The van der Waals surface area contributed by atoms with Crippen molar-refractivity contribution in [3.63, 3.8) is 0 Å². The van der Waals surface area contributed by atoms with Crippen LogP contribution in [-0.2, 0) is 30.0 Å². The highest BCUT2D eigenvalue weighted by Gasteiger charge is 2.29. The number of nitrogens with zero attached hydrogens (tertiary/aromatic N) is 4. The summed E-state index contributed by atoms with van der Waals surface area (Å²) >= 11 is 0. The van der Waals surface area contributed by atoms with E-state index in [1.54, 1.807) is 25.6 Å². The number of aromatic nitrogens is 4. The second-order valence-corrected chi connectivity index (χ2v) is 7.58. The summed E-state index contributed by atoms with van der Waals surface area (Å²) in [5, 5.41) is 4.19. The highest BCUT2D eigenvalue weighted by molar-refractivity contribution is 7.89. The largest absolute Gasteiger partial charge is 0.333 e. The summed E-state index contributed by atoms with van der Waals surface area (Å²) in [6.07, 6.45) is 3.51. The van der Waals surface area contributed by atoms with Gasteiger partial charge in [-0.3, -0.25) is 4.68 Å². The molecule has 1 N–H and O–H groups in total. The van der Waals surface area contributed by atoms with Crippen molar-refractivity contribution in [3.05, 3.63) is 29.1 Å². The summed E-state index contributed by atoms with van der Waals surface area (Å²) in [7, 11) is -1.81. The molecule has 0 fully saturated rings. The van der Waals surface area contributed by atoms with Crippen LogP contribution >= 0.6 is 0 Å². The Morgan fingerprint density at radius 1 is 1.32 bits per heavy atom. The fraction of sp³-hybridized carbons (Fsp3) is 0.571. The fourth-order valence-electron chi connectivity index (χ4n) is 3.10. The van der Waals surface area contributed by atoms with Gasteiger partial charge in [0.2, 0.25) is 10.0 Å². The van der Waals surface area contributed by atoms with Crippen LogP contribution in [0.1, 0.15) is 29.3 Å². The molecule has 0 aliphatic carbocycles. The van der Waals surface area contributed by atoms with Crippen molar-refractivity contribution in [1.82, 2.24) is 24.1 Å². The second-order valence-electron chi connectivity index (χ2n) is 5.93. The van der Waals surface area contributed by atoms with Gasteiger partial charge < -0.3 is 4.57 Å². The Balaban J connectivity index is 1.84. The molecule has 120 valence electrons. The Morgan fingerprint density at radius 3 is 2.68 bits per heavy atom. The van der Waals surface area contributed by atoms with Crippen molar-refractivity contribution in [1.29, 1.82) is 0 Å². The summed E-state index contributed by atoms with van der Waals surface area (Å²) in [6, 6.07) is -0.120. The molecule has 0 spiro atoms. The van der Waals surface area contributed by atoms with Gasteiger partial charge in [-0.25, -0.2) is 18.1 Å². The molecule has 0 saturated carbocycles. The summed E-state index contributed by atoms with van der Waals surface area (Å²) in [5.74, 6) is 1.03. The lowest BCUT2D eigenvalue weighted by Crippen LogP contribution is -2.41. The Hall–Kier alpha value is -1.67. The number of nitrogens with one attached hydrogen (secondary N) is 1. The third kappa shape index (κ3) is 2.56. The minimum atomic E-state index is -3.56. The summed E-state index contributed by atoms with van der Waals surface area (Å²) in [6.45, 7) is 6.06. The van der Waals surface area contributed by atoms with Gasteiger partial charge in [-0.1, -0.05) is 0 Å². The van der Waals surface area contributed by atoms with Crippen molar-refractivity contribution < 1.29 is 8.42 Å². The molecule has 1 aliphatic rings. The molecule has 0 amide bonds. The third-order valence-corrected chi connectivity index (χ3v) is 5.92. The van der Waals surface area contributed by atoms with Crippen LogP contribution < -0.4 is 4.72 Å². The minimum absolute atomic E-state index is 0.120. The molecule has 3 heterocycles. The van der Waals surface area contributed by atoms with Gasteiger partial charge >= 0.3 is 0 Å². The highest BCUT2D eigenvalue weighted by atomic mass is 32.2. The molecule has 0 saturated heterocycles. The topological polar surface area (TPSA) is 81.8 Å². The smallest absolute Gasteiger partial charge is 0.244 e. The van der Waals surface area contributed by atoms with Gasteiger partial charge in [-0.15, -0.1) is 0 Å². The standard InChI is InChI=1S/C14H21N5O2S/c1-9-7-19-8-12(5-6-13(19)15-9)17-22(20,21)14-10(2)16-18(4)11(14)3/h7,12,17H,5-6,8H2,1-4H3/t12-/m0/s1. The lowest BCUT2D eigenvalue weighted by atomic mass is 10.1. The molecule has 0 radical (unpaired) electrons. The van der Waals surface area contributed by atoms with E-state index in [9.17, 15) is 8.42 Å². The number of imidazole rings is 1. The van der Waals surface area contributed by atoms with E-state index in [0.717, 1.165) is 24.4 Å². The molecular weight excluding hydrogens is 302 g/mol. The average Bonchev–Trinajstić information content (AvgIpc) is 2.88. The van der Waals surface area contributed by atoms with Crippen molar-refractivity contribution >= 4 is 10.0 Å². The van der Waals surface area contributed by atoms with Crippen molar-refractivity contribution in [2.24, 2.45) is 7.05 Å². The van der Waals surface area contributed by atoms with Crippen LogP contribution in [0, 0.1) is 20.8 Å². The average molecular weight is 323 g/mol. The van der Waals surface area contributed by atoms with Gasteiger partial charge in [0.25, 0.3) is 0 Å². The fourth-order valence-corrected chi connectivity index (χ4v) is 4.80. The summed E-state index contributed by atoms with van der Waals surface area (Å²) in [5.41, 5.74) is 2.15. The number of sulfonamides is 1. The molecule has 7 nitrogen and oxygen atoms in total. The lowest BCUT2D eigenvalue weighted by Gasteiger charge is -2.24. The van der Waals surface area contributed by atoms with Crippen molar-refractivity contribution in [3.8, 4) is 0 Å². The van der Waals surface area contributed by atoms with Crippen LogP contribution in [0.25, 0.3) is 0 Å². The molecule has 22 heavy (non-hydrogen) atoms. The van der Waals surface area contributed by atoms with Gasteiger partial charge in [-0.2, -0.15) is 5.10 Å². The predicted octanol–water partition coefficient (Wildman–Crippen LogP) is 0.835. The van der Waals surface area contributed by atoms with E-state index < -0.39 is 10.0 Å². The van der Waals surface area contributed by atoms with Crippen LogP contribution in [-0.4, -0.2) is 33.8 Å². The zero-order valence-electron chi connectivity index (χ0n) is 13.3. The minimum Gasteiger partial charge on any atom is -0.333 e. The maximum absolute atomic E-state index is 12.7. The van der Waals surface area contributed by atoms with E-state index in [0.29, 0.717) is 22.8 Å². The van der Waals surface area contributed by atoms with Gasteiger partial charge in [-0.05, 0) is 27.2 Å². The molecule has 2 aromatic rings. The quantitative estimate of drug-likeness (QED) is 0.907. The molecule has 3 rings (SSSR count). The Labute approximate surface area is 130 Å². The Kier molecular flexibility index (Phi) is 3.60. The first-order chi connectivity index (χ1) is 10.3. The summed E-state index contributed by atoms with van der Waals surface area (Å²) in [4.78, 5) is 4.74. The van der Waals surface area contributed by atoms with Crippen molar-refractivity contribution in [2.75, 3.05) is 0 Å². The number of hydrogen-bond acceptors (Lipinski definition) is 4. The van der Waals surface area contributed by atoms with E-state index in [1.165, 1.54) is 0 Å². The molecule has 1 aliphatic heterocycles. The molecule has 0 unspecified atom stereocenters. The number of hydrogen-bond donors (Lipinski definition) is 1. The first-order valence-electron chi connectivity index (χ1n) is 7.33. The van der Waals surface area contributed by atoms with E-state index in [4.69, 9.17) is 0 Å². The van der Waals surface area contributed by atoms with Gasteiger partial charge in [0, 0.05) is 32.3 Å². The van der Waals surface area contributed by atoms with E-state index in [1.807, 2.05) is 17.7 Å². The van der Waals surface area contributed by atoms with Crippen LogP contribution in [0.4, 0.5) is 0 Å². The predicted molar refractivity (Wildman–Crippen MR) is 82.1 cm³/mol. The molecule has 0 aromatic carbocycles. The third-order valence-electron chi connectivity index (χ3n) is 4.15. The van der Waals surface area contributed by atoms with Crippen LogP contribution in [0.2, 0.25) is 0 Å². The monoisotopic (exact) mass is 323 g/mol. The van der Waals surface area contributed by atoms with Crippen molar-refractivity contribution in [2.45, 2.75) is 51.1 Å². The molecule has 1 atom stereocenters. The second kappa shape index (κ2) is 5.20. The van der Waals surface area contributed by atoms with Crippen LogP contribution in [0.5, 0.6) is 0 Å². The van der Waals surface area contributed by atoms with Gasteiger partial charge in [0.15, 0.2) is 0 Å².